The van der Waals surface area contributed by atoms with Gasteiger partial charge in [0.25, 0.3) is 0 Å². The first-order chi connectivity index (χ1) is 8.70. The summed E-state index contributed by atoms with van der Waals surface area (Å²) < 4.78 is 14.9. The van der Waals surface area contributed by atoms with Crippen molar-refractivity contribution in [3.8, 4) is 0 Å². The second kappa shape index (κ2) is 4.20. The number of alkyl halides is 1. The maximum Gasteiger partial charge on any atom is 0.193 e. The van der Waals surface area contributed by atoms with Crippen LogP contribution in [0.2, 0.25) is 0 Å². The second-order valence-corrected chi connectivity index (χ2v) is 4.99. The first-order valence-corrected chi connectivity index (χ1v) is 6.42. The van der Waals surface area contributed by atoms with Crippen molar-refractivity contribution in [3.63, 3.8) is 0 Å². The van der Waals surface area contributed by atoms with E-state index in [2.05, 4.69) is 0 Å². The van der Waals surface area contributed by atoms with Gasteiger partial charge in [0.2, 0.25) is 0 Å². The molecule has 2 aromatic rings. The zero-order valence-corrected chi connectivity index (χ0v) is 10.2. The van der Waals surface area contributed by atoms with Gasteiger partial charge >= 0.3 is 0 Å². The highest BCUT2D eigenvalue weighted by Crippen LogP contribution is 2.39. The second-order valence-electron chi connectivity index (χ2n) is 4.99. The highest BCUT2D eigenvalue weighted by Gasteiger charge is 2.41. The van der Waals surface area contributed by atoms with E-state index >= 15 is 0 Å². The lowest BCUT2D eigenvalue weighted by molar-refractivity contribution is -0.134. The quantitative estimate of drug-likeness (QED) is 0.734. The maximum atomic E-state index is 14.9. The molecule has 0 saturated heterocycles. The Morgan fingerprint density at radius 3 is 2.56 bits per heavy atom. The minimum Gasteiger partial charge on any atom is -0.296 e. The third-order valence-electron chi connectivity index (χ3n) is 3.82. The molecule has 0 aliphatic heterocycles. The first kappa shape index (κ1) is 11.4. The van der Waals surface area contributed by atoms with Crippen LogP contribution in [0.4, 0.5) is 4.39 Å². The van der Waals surface area contributed by atoms with E-state index < -0.39 is 5.67 Å². The lowest BCUT2D eigenvalue weighted by Crippen LogP contribution is -2.34. The summed E-state index contributed by atoms with van der Waals surface area (Å²) in [6, 6.07) is 13.3. The van der Waals surface area contributed by atoms with Crippen molar-refractivity contribution in [2.45, 2.75) is 31.4 Å². The molecule has 2 heteroatoms. The van der Waals surface area contributed by atoms with Gasteiger partial charge in [-0.25, -0.2) is 4.39 Å². The molecular formula is C16H15FO. The average Bonchev–Trinajstić information content (AvgIpc) is 2.42. The van der Waals surface area contributed by atoms with Crippen molar-refractivity contribution in [3.05, 3.63) is 48.0 Å². The van der Waals surface area contributed by atoms with Gasteiger partial charge in [-0.2, -0.15) is 0 Å². The topological polar surface area (TPSA) is 17.1 Å². The summed E-state index contributed by atoms with van der Waals surface area (Å²) in [5.74, 6) is -0.260. The van der Waals surface area contributed by atoms with Crippen molar-refractivity contribution < 1.29 is 9.18 Å². The predicted octanol–water partition coefficient (Wildman–Crippen LogP) is 4.15. The maximum absolute atomic E-state index is 14.9. The number of Topliss-reactive ketones (excluding diaryl/α,β-unsaturated/α-hetero) is 1. The summed E-state index contributed by atoms with van der Waals surface area (Å²) >= 11 is 0. The van der Waals surface area contributed by atoms with Crippen LogP contribution in [0.1, 0.15) is 31.2 Å². The number of ketones is 1. The molecular weight excluding hydrogens is 227 g/mol. The molecule has 0 radical (unpaired) electrons. The number of halogens is 1. The molecule has 1 saturated carbocycles. The van der Waals surface area contributed by atoms with E-state index in [0.717, 1.165) is 23.6 Å². The van der Waals surface area contributed by atoms with Crippen LogP contribution in [0.3, 0.4) is 0 Å². The fraction of sp³-hybridized carbons (Fsp3) is 0.312. The average molecular weight is 242 g/mol. The standard InChI is InChI=1S/C16H15FO/c17-16(10-4-3-7-15(16)18)14-9-8-12-5-1-2-6-13(12)11-14/h1-2,5-6,8-9,11H,3-4,7,10H2/t16-/m1/s1. The number of carbonyl (C=O) groups is 1. The van der Waals surface area contributed by atoms with Crippen LogP contribution in [0.15, 0.2) is 42.5 Å². The molecule has 0 aromatic heterocycles. The zero-order valence-electron chi connectivity index (χ0n) is 10.2. The summed E-state index contributed by atoms with van der Waals surface area (Å²) in [4.78, 5) is 11.9. The Bertz CT molecular complexity index is 605. The molecule has 0 spiro atoms. The van der Waals surface area contributed by atoms with Crippen LogP contribution in [-0.2, 0) is 10.5 Å². The van der Waals surface area contributed by atoms with Gasteiger partial charge in [-0.3, -0.25) is 4.79 Å². The molecule has 1 nitrogen and oxygen atoms in total. The molecule has 2 aromatic carbocycles. The van der Waals surface area contributed by atoms with Crippen molar-refractivity contribution in [2.75, 3.05) is 0 Å². The van der Waals surface area contributed by atoms with Crippen LogP contribution in [0, 0.1) is 0 Å². The Balaban J connectivity index is 2.10. The lowest BCUT2D eigenvalue weighted by atomic mass is 9.79. The number of fused-ring (bicyclic) bond motifs is 1. The summed E-state index contributed by atoms with van der Waals surface area (Å²) in [6.07, 6.45) is 2.29. The van der Waals surface area contributed by atoms with Gasteiger partial charge < -0.3 is 0 Å². The molecule has 92 valence electrons. The SMILES string of the molecule is O=C1CCCC[C@@]1(F)c1ccc2ccccc2c1. The van der Waals surface area contributed by atoms with E-state index in [1.54, 1.807) is 6.07 Å². The molecule has 0 unspecified atom stereocenters. The van der Waals surface area contributed by atoms with Gasteiger partial charge in [0, 0.05) is 6.42 Å². The molecule has 1 fully saturated rings. The van der Waals surface area contributed by atoms with Gasteiger partial charge in [0.05, 0.1) is 0 Å². The first-order valence-electron chi connectivity index (χ1n) is 6.42. The Hall–Kier alpha value is -1.70. The fourth-order valence-electron chi connectivity index (χ4n) is 2.73. The predicted molar refractivity (Wildman–Crippen MR) is 70.2 cm³/mol. The highest BCUT2D eigenvalue weighted by atomic mass is 19.1. The van der Waals surface area contributed by atoms with E-state index in [-0.39, 0.29) is 5.78 Å². The van der Waals surface area contributed by atoms with Crippen molar-refractivity contribution in [2.24, 2.45) is 0 Å². The molecule has 3 rings (SSSR count). The van der Waals surface area contributed by atoms with Crippen molar-refractivity contribution in [1.82, 2.24) is 0 Å². The van der Waals surface area contributed by atoms with E-state index in [1.807, 2.05) is 36.4 Å². The van der Waals surface area contributed by atoms with Crippen molar-refractivity contribution >= 4 is 16.6 Å². The minimum atomic E-state index is -1.76. The van der Waals surface area contributed by atoms with Crippen LogP contribution in [-0.4, -0.2) is 5.78 Å². The largest absolute Gasteiger partial charge is 0.296 e. The van der Waals surface area contributed by atoms with Gasteiger partial charge in [-0.15, -0.1) is 0 Å². The van der Waals surface area contributed by atoms with E-state index in [9.17, 15) is 9.18 Å². The van der Waals surface area contributed by atoms with Gasteiger partial charge in [-0.1, -0.05) is 36.4 Å². The third-order valence-corrected chi connectivity index (χ3v) is 3.82. The van der Waals surface area contributed by atoms with Gasteiger partial charge in [0.1, 0.15) is 0 Å². The summed E-state index contributed by atoms with van der Waals surface area (Å²) in [6.45, 7) is 0. The highest BCUT2D eigenvalue weighted by molar-refractivity contribution is 5.91. The molecule has 0 bridgehead atoms. The molecule has 0 N–H and O–H groups in total. The van der Waals surface area contributed by atoms with E-state index in [0.29, 0.717) is 18.4 Å². The number of hydrogen-bond donors (Lipinski definition) is 0. The van der Waals surface area contributed by atoms with Crippen LogP contribution in [0.25, 0.3) is 10.8 Å². The van der Waals surface area contributed by atoms with Gasteiger partial charge in [0.15, 0.2) is 11.5 Å². The zero-order chi connectivity index (χ0) is 12.6. The lowest BCUT2D eigenvalue weighted by Gasteiger charge is -2.28. The number of benzene rings is 2. The Morgan fingerprint density at radius 2 is 1.78 bits per heavy atom. The Labute approximate surface area is 106 Å². The molecule has 1 aliphatic carbocycles. The molecule has 0 amide bonds. The Morgan fingerprint density at radius 1 is 1.00 bits per heavy atom. The number of rotatable bonds is 1. The van der Waals surface area contributed by atoms with E-state index in [1.165, 1.54) is 0 Å². The monoisotopic (exact) mass is 242 g/mol. The summed E-state index contributed by atoms with van der Waals surface area (Å²) in [7, 11) is 0. The fourth-order valence-corrected chi connectivity index (χ4v) is 2.73. The summed E-state index contributed by atoms with van der Waals surface area (Å²) in [5, 5.41) is 2.07. The molecule has 18 heavy (non-hydrogen) atoms. The molecule has 1 aliphatic rings. The normalized spacial score (nSPS) is 24.4. The summed E-state index contributed by atoms with van der Waals surface area (Å²) in [5.41, 5.74) is -1.24. The number of hydrogen-bond acceptors (Lipinski definition) is 1. The van der Waals surface area contributed by atoms with Crippen LogP contribution < -0.4 is 0 Å². The van der Waals surface area contributed by atoms with E-state index in [4.69, 9.17) is 0 Å². The molecule has 0 heterocycles. The van der Waals surface area contributed by atoms with Crippen molar-refractivity contribution in [1.29, 1.82) is 0 Å². The van der Waals surface area contributed by atoms with Gasteiger partial charge in [-0.05, 0) is 41.7 Å². The smallest absolute Gasteiger partial charge is 0.193 e. The molecule has 1 atom stereocenters. The van der Waals surface area contributed by atoms with Crippen LogP contribution >= 0.6 is 0 Å². The number of carbonyl (C=O) groups excluding carboxylic acids is 1. The van der Waals surface area contributed by atoms with Crippen LogP contribution in [0.5, 0.6) is 0 Å². The Kier molecular flexibility index (Phi) is 2.66. The minimum absolute atomic E-state index is 0.260. The third kappa shape index (κ3) is 1.72.